The second-order valence-corrected chi connectivity index (χ2v) is 6.55. The van der Waals surface area contributed by atoms with Crippen molar-refractivity contribution in [3.05, 3.63) is 24.3 Å². The van der Waals surface area contributed by atoms with Gasteiger partial charge in [0.25, 0.3) is 0 Å². The number of carbonyl (C=O) groups is 2. The van der Waals surface area contributed by atoms with Crippen LogP contribution in [0, 0.1) is 5.92 Å². The largest absolute Gasteiger partial charge is 0.369 e. The van der Waals surface area contributed by atoms with Gasteiger partial charge < -0.3 is 16.4 Å². The Morgan fingerprint density at radius 2 is 2.00 bits per heavy atom. The molecule has 0 aromatic heterocycles. The molecule has 1 aromatic carbocycles. The Morgan fingerprint density at radius 1 is 1.27 bits per heavy atom. The number of carbonyl (C=O) groups excluding carboxylic acids is 2. The number of benzene rings is 1. The molecule has 1 heterocycles. The van der Waals surface area contributed by atoms with E-state index in [-0.39, 0.29) is 17.6 Å². The number of nitrogens with one attached hydrogen (secondary N) is 2. The molecule has 1 aliphatic rings. The lowest BCUT2D eigenvalue weighted by molar-refractivity contribution is -0.117. The number of hydrogen-bond acceptors (Lipinski definition) is 4. The SMILES string of the molecule is NC(=O)CSc1ccccc1NC(=O)CCC1CCNCC1. The molecule has 4 N–H and O–H groups in total. The Balaban J connectivity index is 1.83. The van der Waals surface area contributed by atoms with Gasteiger partial charge in [-0.2, -0.15) is 0 Å². The first kappa shape index (κ1) is 16.8. The third kappa shape index (κ3) is 5.69. The number of rotatable bonds is 7. The Morgan fingerprint density at radius 3 is 2.73 bits per heavy atom. The standard InChI is InChI=1S/C16H23N3O2S/c17-15(20)11-22-14-4-2-1-3-13(14)19-16(21)6-5-12-7-9-18-10-8-12/h1-4,12,18H,5-11H2,(H2,17,20)(H,19,21). The highest BCUT2D eigenvalue weighted by molar-refractivity contribution is 8.00. The van der Waals surface area contributed by atoms with Crippen molar-refractivity contribution in [3.8, 4) is 0 Å². The summed E-state index contributed by atoms with van der Waals surface area (Å²) < 4.78 is 0. The fraction of sp³-hybridized carbons (Fsp3) is 0.500. The van der Waals surface area contributed by atoms with Crippen molar-refractivity contribution in [1.82, 2.24) is 5.32 Å². The molecule has 5 nitrogen and oxygen atoms in total. The first-order valence-electron chi connectivity index (χ1n) is 7.66. The highest BCUT2D eigenvalue weighted by Crippen LogP contribution is 2.27. The lowest BCUT2D eigenvalue weighted by Gasteiger charge is -2.22. The van der Waals surface area contributed by atoms with Crippen LogP contribution in [0.25, 0.3) is 0 Å². The predicted molar refractivity (Wildman–Crippen MR) is 89.8 cm³/mol. The number of hydrogen-bond donors (Lipinski definition) is 3. The molecule has 0 bridgehead atoms. The van der Waals surface area contributed by atoms with E-state index in [1.54, 1.807) is 0 Å². The molecule has 6 heteroatoms. The van der Waals surface area contributed by atoms with Crippen LogP contribution in [0.15, 0.2) is 29.2 Å². The fourth-order valence-corrected chi connectivity index (χ4v) is 3.31. The third-order valence-electron chi connectivity index (χ3n) is 3.77. The number of amides is 2. The van der Waals surface area contributed by atoms with E-state index in [1.807, 2.05) is 24.3 Å². The van der Waals surface area contributed by atoms with Gasteiger partial charge in [0.2, 0.25) is 11.8 Å². The highest BCUT2D eigenvalue weighted by Gasteiger charge is 2.15. The molecule has 1 aromatic rings. The number of thioether (sulfide) groups is 1. The molecule has 1 fully saturated rings. The summed E-state index contributed by atoms with van der Waals surface area (Å²) in [6.07, 6.45) is 3.78. The molecule has 1 saturated heterocycles. The van der Waals surface area contributed by atoms with Crippen LogP contribution >= 0.6 is 11.8 Å². The van der Waals surface area contributed by atoms with Crippen molar-refractivity contribution in [2.24, 2.45) is 11.7 Å². The Kier molecular flexibility index (Phi) is 6.74. The first-order valence-corrected chi connectivity index (χ1v) is 8.64. The van der Waals surface area contributed by atoms with Crippen LogP contribution in [-0.4, -0.2) is 30.7 Å². The van der Waals surface area contributed by atoms with Gasteiger partial charge in [-0.05, 0) is 50.4 Å². The van der Waals surface area contributed by atoms with Crippen molar-refractivity contribution in [1.29, 1.82) is 0 Å². The van der Waals surface area contributed by atoms with Crippen LogP contribution in [-0.2, 0) is 9.59 Å². The van der Waals surface area contributed by atoms with Gasteiger partial charge >= 0.3 is 0 Å². The van der Waals surface area contributed by atoms with Gasteiger partial charge in [-0.1, -0.05) is 12.1 Å². The van der Waals surface area contributed by atoms with Crippen LogP contribution in [0.2, 0.25) is 0 Å². The van der Waals surface area contributed by atoms with Crippen molar-refractivity contribution < 1.29 is 9.59 Å². The summed E-state index contributed by atoms with van der Waals surface area (Å²) in [7, 11) is 0. The second kappa shape index (κ2) is 8.80. The lowest BCUT2D eigenvalue weighted by Crippen LogP contribution is -2.28. The normalized spacial score (nSPS) is 15.5. The molecule has 0 saturated carbocycles. The molecule has 0 spiro atoms. The van der Waals surface area contributed by atoms with Gasteiger partial charge in [0, 0.05) is 11.3 Å². The maximum atomic E-state index is 12.1. The molecular weight excluding hydrogens is 298 g/mol. The maximum Gasteiger partial charge on any atom is 0.227 e. The minimum absolute atomic E-state index is 0.0330. The van der Waals surface area contributed by atoms with Crippen LogP contribution in [0.3, 0.4) is 0 Å². The second-order valence-electron chi connectivity index (χ2n) is 5.53. The van der Waals surface area contributed by atoms with Gasteiger partial charge in [-0.3, -0.25) is 9.59 Å². The predicted octanol–water partition coefficient (Wildman–Crippen LogP) is 1.98. The Hall–Kier alpha value is -1.53. The molecule has 0 aliphatic carbocycles. The minimum Gasteiger partial charge on any atom is -0.369 e. The van der Waals surface area contributed by atoms with Gasteiger partial charge in [-0.15, -0.1) is 11.8 Å². The quantitative estimate of drug-likeness (QED) is 0.671. The van der Waals surface area contributed by atoms with E-state index in [2.05, 4.69) is 10.6 Å². The van der Waals surface area contributed by atoms with Gasteiger partial charge in [0.05, 0.1) is 11.4 Å². The summed E-state index contributed by atoms with van der Waals surface area (Å²) in [5, 5.41) is 6.28. The van der Waals surface area contributed by atoms with Crippen molar-refractivity contribution in [3.63, 3.8) is 0 Å². The summed E-state index contributed by atoms with van der Waals surface area (Å²) in [5.74, 6) is 0.524. The van der Waals surface area contributed by atoms with Crippen molar-refractivity contribution >= 4 is 29.3 Å². The molecule has 0 unspecified atom stereocenters. The molecule has 1 aliphatic heterocycles. The Bertz CT molecular complexity index is 516. The van der Waals surface area contributed by atoms with E-state index in [1.165, 1.54) is 11.8 Å². The number of para-hydroxylation sites is 1. The first-order chi connectivity index (χ1) is 10.6. The van der Waals surface area contributed by atoms with Gasteiger partial charge in [0.15, 0.2) is 0 Å². The highest BCUT2D eigenvalue weighted by atomic mass is 32.2. The maximum absolute atomic E-state index is 12.1. The third-order valence-corrected chi connectivity index (χ3v) is 4.87. The van der Waals surface area contributed by atoms with Gasteiger partial charge in [0.1, 0.15) is 0 Å². The molecule has 0 radical (unpaired) electrons. The van der Waals surface area contributed by atoms with Gasteiger partial charge in [-0.25, -0.2) is 0 Å². The van der Waals surface area contributed by atoms with E-state index in [9.17, 15) is 9.59 Å². The Labute approximate surface area is 135 Å². The van der Waals surface area contributed by atoms with E-state index in [0.29, 0.717) is 12.3 Å². The molecule has 0 atom stereocenters. The zero-order valence-electron chi connectivity index (χ0n) is 12.6. The van der Waals surface area contributed by atoms with E-state index >= 15 is 0 Å². The summed E-state index contributed by atoms with van der Waals surface area (Å²) in [5.41, 5.74) is 5.92. The summed E-state index contributed by atoms with van der Waals surface area (Å²) in [6.45, 7) is 2.11. The summed E-state index contributed by atoms with van der Waals surface area (Å²) >= 11 is 1.35. The van der Waals surface area contributed by atoms with Crippen LogP contribution in [0.1, 0.15) is 25.7 Å². The van der Waals surface area contributed by atoms with E-state index < -0.39 is 0 Å². The minimum atomic E-state index is -0.364. The topological polar surface area (TPSA) is 84.2 Å². The fourth-order valence-electron chi connectivity index (χ4n) is 2.56. The number of nitrogens with two attached hydrogens (primary N) is 1. The summed E-state index contributed by atoms with van der Waals surface area (Å²) in [6, 6.07) is 7.49. The van der Waals surface area contributed by atoms with E-state index in [4.69, 9.17) is 5.73 Å². The van der Waals surface area contributed by atoms with Crippen LogP contribution in [0.4, 0.5) is 5.69 Å². The molecule has 22 heavy (non-hydrogen) atoms. The van der Waals surface area contributed by atoms with Crippen LogP contribution < -0.4 is 16.4 Å². The monoisotopic (exact) mass is 321 g/mol. The number of piperidine rings is 1. The number of primary amides is 1. The van der Waals surface area contributed by atoms with Crippen molar-refractivity contribution in [2.45, 2.75) is 30.6 Å². The summed E-state index contributed by atoms with van der Waals surface area (Å²) in [4.78, 5) is 23.9. The number of anilines is 1. The lowest BCUT2D eigenvalue weighted by atomic mass is 9.93. The molecule has 120 valence electrons. The molecule has 2 amide bonds. The smallest absolute Gasteiger partial charge is 0.227 e. The average molecular weight is 321 g/mol. The van der Waals surface area contributed by atoms with Crippen molar-refractivity contribution in [2.75, 3.05) is 24.2 Å². The van der Waals surface area contributed by atoms with Crippen LogP contribution in [0.5, 0.6) is 0 Å². The molecular formula is C16H23N3O2S. The average Bonchev–Trinajstić information content (AvgIpc) is 2.53. The molecule has 2 rings (SSSR count). The zero-order chi connectivity index (χ0) is 15.8. The zero-order valence-corrected chi connectivity index (χ0v) is 13.5. The van der Waals surface area contributed by atoms with E-state index in [0.717, 1.165) is 42.9 Å².